The van der Waals surface area contributed by atoms with Gasteiger partial charge in [-0.05, 0) is 18.8 Å². The Labute approximate surface area is 103 Å². The van der Waals surface area contributed by atoms with Crippen molar-refractivity contribution in [3.63, 3.8) is 0 Å². The smallest absolute Gasteiger partial charge is 0.321 e. The Morgan fingerprint density at radius 3 is 1.88 bits per heavy atom. The van der Waals surface area contributed by atoms with Gasteiger partial charge in [0, 0.05) is 0 Å². The molecule has 0 bridgehead atoms. The van der Waals surface area contributed by atoms with Gasteiger partial charge in [0.25, 0.3) is 0 Å². The maximum atomic E-state index is 11.3. The Balaban J connectivity index is 4.97. The Bertz CT molecular complexity index is 246. The SMILES string of the molecule is CCCCCC(CC)C(CC)(C(=O)O)C(=O)O. The number of hydrogen-bond donors (Lipinski definition) is 2. The number of carboxylic acid groups (broad SMARTS) is 2. The van der Waals surface area contributed by atoms with Gasteiger partial charge in [-0.3, -0.25) is 9.59 Å². The summed E-state index contributed by atoms with van der Waals surface area (Å²) < 4.78 is 0. The van der Waals surface area contributed by atoms with E-state index in [-0.39, 0.29) is 12.3 Å². The van der Waals surface area contributed by atoms with Gasteiger partial charge >= 0.3 is 11.9 Å². The molecular weight excluding hydrogens is 220 g/mol. The summed E-state index contributed by atoms with van der Waals surface area (Å²) in [5, 5.41) is 18.5. The van der Waals surface area contributed by atoms with Crippen LogP contribution in [-0.2, 0) is 9.59 Å². The predicted octanol–water partition coefficient (Wildman–Crippen LogP) is 3.16. The maximum absolute atomic E-state index is 11.3. The molecule has 0 heterocycles. The molecular formula is C13H24O4. The quantitative estimate of drug-likeness (QED) is 0.482. The molecule has 0 rings (SSSR count). The Hall–Kier alpha value is -1.06. The van der Waals surface area contributed by atoms with Crippen LogP contribution in [0.25, 0.3) is 0 Å². The first kappa shape index (κ1) is 15.9. The van der Waals surface area contributed by atoms with Crippen LogP contribution in [-0.4, -0.2) is 22.2 Å². The van der Waals surface area contributed by atoms with E-state index in [1.165, 1.54) is 0 Å². The van der Waals surface area contributed by atoms with Crippen molar-refractivity contribution < 1.29 is 19.8 Å². The molecule has 0 aromatic rings. The molecule has 4 nitrogen and oxygen atoms in total. The first-order valence-corrected chi connectivity index (χ1v) is 6.44. The lowest BCUT2D eigenvalue weighted by atomic mass is 9.70. The zero-order valence-electron chi connectivity index (χ0n) is 11.0. The normalized spacial score (nSPS) is 13.4. The third-order valence-electron chi connectivity index (χ3n) is 3.67. The molecule has 100 valence electrons. The van der Waals surface area contributed by atoms with Gasteiger partial charge in [-0.2, -0.15) is 0 Å². The predicted molar refractivity (Wildman–Crippen MR) is 65.9 cm³/mol. The van der Waals surface area contributed by atoms with Gasteiger partial charge in [0.2, 0.25) is 0 Å². The fourth-order valence-corrected chi connectivity index (χ4v) is 2.47. The van der Waals surface area contributed by atoms with Crippen molar-refractivity contribution in [1.82, 2.24) is 0 Å². The average molecular weight is 244 g/mol. The number of rotatable bonds is 9. The monoisotopic (exact) mass is 244 g/mol. The molecule has 0 radical (unpaired) electrons. The number of carbonyl (C=O) groups is 2. The Morgan fingerprint density at radius 2 is 1.59 bits per heavy atom. The lowest BCUT2D eigenvalue weighted by Gasteiger charge is -2.32. The minimum atomic E-state index is -1.61. The Morgan fingerprint density at radius 1 is 1.06 bits per heavy atom. The summed E-state index contributed by atoms with van der Waals surface area (Å²) in [5.74, 6) is -2.68. The third-order valence-corrected chi connectivity index (χ3v) is 3.67. The minimum Gasteiger partial charge on any atom is -0.480 e. The van der Waals surface area contributed by atoms with Crippen molar-refractivity contribution in [1.29, 1.82) is 0 Å². The van der Waals surface area contributed by atoms with Gasteiger partial charge < -0.3 is 10.2 Å². The van der Waals surface area contributed by atoms with E-state index in [9.17, 15) is 19.8 Å². The van der Waals surface area contributed by atoms with Crippen LogP contribution in [0, 0.1) is 11.3 Å². The molecule has 0 spiro atoms. The molecule has 0 amide bonds. The highest BCUT2D eigenvalue weighted by Crippen LogP contribution is 2.38. The van der Waals surface area contributed by atoms with Crippen LogP contribution in [0.2, 0.25) is 0 Å². The van der Waals surface area contributed by atoms with Crippen molar-refractivity contribution in [2.75, 3.05) is 0 Å². The van der Waals surface area contributed by atoms with Gasteiger partial charge in [-0.1, -0.05) is 46.5 Å². The van der Waals surface area contributed by atoms with E-state index in [2.05, 4.69) is 6.92 Å². The van der Waals surface area contributed by atoms with Crippen molar-refractivity contribution >= 4 is 11.9 Å². The first-order chi connectivity index (χ1) is 7.97. The van der Waals surface area contributed by atoms with Crippen LogP contribution in [0.3, 0.4) is 0 Å². The molecule has 0 fully saturated rings. The van der Waals surface area contributed by atoms with Gasteiger partial charge in [0.05, 0.1) is 0 Å². The molecule has 0 saturated heterocycles. The van der Waals surface area contributed by atoms with Crippen LogP contribution < -0.4 is 0 Å². The molecule has 1 unspecified atom stereocenters. The molecule has 0 aliphatic heterocycles. The van der Waals surface area contributed by atoms with Gasteiger partial charge in [0.1, 0.15) is 0 Å². The van der Waals surface area contributed by atoms with E-state index >= 15 is 0 Å². The van der Waals surface area contributed by atoms with Crippen molar-refractivity contribution in [3.8, 4) is 0 Å². The number of carboxylic acids is 2. The molecule has 0 aliphatic rings. The highest BCUT2D eigenvalue weighted by Gasteiger charge is 2.50. The summed E-state index contributed by atoms with van der Waals surface area (Å²) in [6, 6.07) is 0. The summed E-state index contributed by atoms with van der Waals surface area (Å²) >= 11 is 0. The molecule has 0 aliphatic carbocycles. The van der Waals surface area contributed by atoms with E-state index in [1.807, 2.05) is 6.92 Å². The second kappa shape index (κ2) is 7.30. The summed E-state index contributed by atoms with van der Waals surface area (Å²) in [6.07, 6.45) is 4.39. The third kappa shape index (κ3) is 3.45. The van der Waals surface area contributed by atoms with E-state index in [0.717, 1.165) is 19.3 Å². The van der Waals surface area contributed by atoms with E-state index in [0.29, 0.717) is 12.8 Å². The van der Waals surface area contributed by atoms with E-state index < -0.39 is 17.4 Å². The molecule has 0 saturated carbocycles. The topological polar surface area (TPSA) is 74.6 Å². The zero-order chi connectivity index (χ0) is 13.5. The van der Waals surface area contributed by atoms with Crippen molar-refractivity contribution in [3.05, 3.63) is 0 Å². The maximum Gasteiger partial charge on any atom is 0.321 e. The fourth-order valence-electron chi connectivity index (χ4n) is 2.47. The second-order valence-corrected chi connectivity index (χ2v) is 4.54. The van der Waals surface area contributed by atoms with E-state index in [1.54, 1.807) is 6.92 Å². The van der Waals surface area contributed by atoms with Crippen LogP contribution >= 0.6 is 0 Å². The molecule has 0 aromatic carbocycles. The zero-order valence-corrected chi connectivity index (χ0v) is 11.0. The first-order valence-electron chi connectivity index (χ1n) is 6.44. The molecule has 1 atom stereocenters. The molecule has 17 heavy (non-hydrogen) atoms. The number of hydrogen-bond acceptors (Lipinski definition) is 2. The summed E-state index contributed by atoms with van der Waals surface area (Å²) in [6.45, 7) is 5.58. The Kier molecular flexibility index (Phi) is 6.85. The molecule has 4 heteroatoms. The van der Waals surface area contributed by atoms with Crippen LogP contribution in [0.1, 0.15) is 59.3 Å². The average Bonchev–Trinajstić information content (AvgIpc) is 2.27. The second-order valence-electron chi connectivity index (χ2n) is 4.54. The lowest BCUT2D eigenvalue weighted by molar-refractivity contribution is -0.170. The minimum absolute atomic E-state index is 0.141. The van der Waals surface area contributed by atoms with Gasteiger partial charge in [0.15, 0.2) is 5.41 Å². The summed E-state index contributed by atoms with van der Waals surface area (Å²) in [4.78, 5) is 22.7. The number of aliphatic carboxylic acids is 2. The van der Waals surface area contributed by atoms with E-state index in [4.69, 9.17) is 0 Å². The van der Waals surface area contributed by atoms with Crippen LogP contribution in [0.15, 0.2) is 0 Å². The van der Waals surface area contributed by atoms with Gasteiger partial charge in [-0.15, -0.1) is 0 Å². The fraction of sp³-hybridized carbons (Fsp3) is 0.846. The van der Waals surface area contributed by atoms with Crippen LogP contribution in [0.4, 0.5) is 0 Å². The standard InChI is InChI=1S/C13H24O4/c1-4-7-8-9-10(5-2)13(6-3,11(14)15)12(16)17/h10H,4-9H2,1-3H3,(H,14,15)(H,16,17). The lowest BCUT2D eigenvalue weighted by Crippen LogP contribution is -2.45. The van der Waals surface area contributed by atoms with Crippen molar-refractivity contribution in [2.45, 2.75) is 59.3 Å². The molecule has 0 aromatic heterocycles. The van der Waals surface area contributed by atoms with Gasteiger partial charge in [-0.25, -0.2) is 0 Å². The van der Waals surface area contributed by atoms with Crippen LogP contribution in [0.5, 0.6) is 0 Å². The highest BCUT2D eigenvalue weighted by molar-refractivity contribution is 5.98. The molecule has 2 N–H and O–H groups in total. The summed E-state index contributed by atoms with van der Waals surface area (Å²) in [5.41, 5.74) is -1.61. The highest BCUT2D eigenvalue weighted by atomic mass is 16.4. The number of unbranched alkanes of at least 4 members (excludes halogenated alkanes) is 2. The largest absolute Gasteiger partial charge is 0.480 e. The summed E-state index contributed by atoms with van der Waals surface area (Å²) in [7, 11) is 0. The van der Waals surface area contributed by atoms with Crippen molar-refractivity contribution in [2.24, 2.45) is 11.3 Å².